The van der Waals surface area contributed by atoms with Crippen molar-refractivity contribution in [3.8, 4) is 0 Å². The molecule has 0 aliphatic carbocycles. The monoisotopic (exact) mass is 465 g/mol. The van der Waals surface area contributed by atoms with Gasteiger partial charge in [0.05, 0.1) is 12.1 Å². The maximum Gasteiger partial charge on any atom is 0.237 e. The van der Waals surface area contributed by atoms with Gasteiger partial charge in [-0.3, -0.25) is 14.5 Å². The van der Waals surface area contributed by atoms with Gasteiger partial charge in [-0.05, 0) is 55.9 Å². The molecule has 2 amide bonds. The van der Waals surface area contributed by atoms with Crippen molar-refractivity contribution in [2.75, 3.05) is 12.3 Å². The van der Waals surface area contributed by atoms with E-state index in [-0.39, 0.29) is 30.4 Å². The van der Waals surface area contributed by atoms with E-state index in [2.05, 4.69) is 10.3 Å². The summed E-state index contributed by atoms with van der Waals surface area (Å²) in [7, 11) is 0. The minimum atomic E-state index is -0.826. The van der Waals surface area contributed by atoms with Crippen LogP contribution in [0.1, 0.15) is 30.2 Å². The zero-order valence-electron chi connectivity index (χ0n) is 17.9. The van der Waals surface area contributed by atoms with E-state index in [0.717, 1.165) is 11.6 Å². The van der Waals surface area contributed by atoms with Gasteiger partial charge in [0.1, 0.15) is 22.5 Å². The maximum atomic E-state index is 14.3. The number of anilines is 1. The molecule has 3 atom stereocenters. The van der Waals surface area contributed by atoms with Crippen LogP contribution in [0.5, 0.6) is 0 Å². The average Bonchev–Trinajstić information content (AvgIpc) is 3.17. The first-order valence-electron chi connectivity index (χ1n) is 10.3. The number of rotatable bonds is 7. The van der Waals surface area contributed by atoms with Crippen molar-refractivity contribution < 1.29 is 18.4 Å². The molecular formula is C22H26ClF2N5O2. The molecule has 172 valence electrons. The van der Waals surface area contributed by atoms with Crippen LogP contribution < -0.4 is 16.8 Å². The first-order chi connectivity index (χ1) is 15.1. The summed E-state index contributed by atoms with van der Waals surface area (Å²) in [6, 6.07) is 4.61. The molecule has 2 aromatic rings. The van der Waals surface area contributed by atoms with Crippen LogP contribution >= 0.6 is 11.6 Å². The Morgan fingerprint density at radius 1 is 1.28 bits per heavy atom. The van der Waals surface area contributed by atoms with E-state index < -0.39 is 34.6 Å². The fourth-order valence-electron chi connectivity index (χ4n) is 4.12. The number of nitrogens with one attached hydrogen (secondary N) is 1. The third-order valence-electron chi connectivity index (χ3n) is 5.92. The van der Waals surface area contributed by atoms with Gasteiger partial charge in [-0.15, -0.1) is 0 Å². The number of primary amides is 1. The topological polar surface area (TPSA) is 114 Å². The number of nitrogens with two attached hydrogens (primary N) is 2. The number of hydrogen-bond donors (Lipinski definition) is 3. The summed E-state index contributed by atoms with van der Waals surface area (Å²) in [6.45, 7) is 4.12. The number of halogens is 3. The first kappa shape index (κ1) is 23.9. The van der Waals surface area contributed by atoms with Crippen molar-refractivity contribution in [2.45, 2.75) is 45.3 Å². The Labute approximate surface area is 190 Å². The number of aromatic nitrogens is 1. The van der Waals surface area contributed by atoms with Gasteiger partial charge in [0.2, 0.25) is 11.8 Å². The van der Waals surface area contributed by atoms with E-state index in [0.29, 0.717) is 24.5 Å². The predicted octanol–water partition coefficient (Wildman–Crippen LogP) is 2.33. The highest BCUT2D eigenvalue weighted by molar-refractivity contribution is 6.30. The van der Waals surface area contributed by atoms with Gasteiger partial charge >= 0.3 is 0 Å². The number of hydrogen-bond acceptors (Lipinski definition) is 5. The number of nitrogen functional groups attached to an aromatic ring is 1. The standard InChI is InChI=1S/C22H26ClF2N5O2/c1-11-15(4-6-18(26)29-11)9-28-22(32)12(2)30-10-13(8-17(30)21(27)31)7-14-3-5-16(24)19(23)20(14)25/h3-6,12-13,17H,7-10H2,1-2H3,(H2,26,29)(H2,27,31)(H,28,32)/t12-,13?,17?/m0/s1. The third kappa shape index (κ3) is 5.16. The van der Waals surface area contributed by atoms with Crippen molar-refractivity contribution in [1.82, 2.24) is 15.2 Å². The summed E-state index contributed by atoms with van der Waals surface area (Å²) in [5.74, 6) is -2.21. The van der Waals surface area contributed by atoms with Gasteiger partial charge in [-0.2, -0.15) is 0 Å². The number of carbonyl (C=O) groups is 2. The Bertz CT molecular complexity index is 1040. The normalized spacial score (nSPS) is 19.7. The molecule has 5 N–H and O–H groups in total. The van der Waals surface area contributed by atoms with Crippen molar-refractivity contribution in [3.63, 3.8) is 0 Å². The first-order valence-corrected chi connectivity index (χ1v) is 10.6. The molecule has 0 radical (unpaired) electrons. The van der Waals surface area contributed by atoms with E-state index in [1.54, 1.807) is 30.9 Å². The predicted molar refractivity (Wildman–Crippen MR) is 118 cm³/mol. The van der Waals surface area contributed by atoms with Crippen LogP contribution in [-0.4, -0.2) is 40.3 Å². The van der Waals surface area contributed by atoms with Crippen LogP contribution in [0.25, 0.3) is 0 Å². The van der Waals surface area contributed by atoms with Crippen LogP contribution in [-0.2, 0) is 22.6 Å². The summed E-state index contributed by atoms with van der Waals surface area (Å²) < 4.78 is 27.8. The number of pyridine rings is 1. The van der Waals surface area contributed by atoms with E-state index in [4.69, 9.17) is 23.1 Å². The maximum absolute atomic E-state index is 14.3. The Balaban J connectivity index is 1.67. The zero-order chi connectivity index (χ0) is 23.6. The molecule has 32 heavy (non-hydrogen) atoms. The molecule has 1 aromatic carbocycles. The summed E-state index contributed by atoms with van der Waals surface area (Å²) >= 11 is 5.67. The molecule has 10 heteroatoms. The van der Waals surface area contributed by atoms with Crippen molar-refractivity contribution in [1.29, 1.82) is 0 Å². The van der Waals surface area contributed by atoms with Crippen LogP contribution in [0.3, 0.4) is 0 Å². The minimum Gasteiger partial charge on any atom is -0.384 e. The lowest BCUT2D eigenvalue weighted by Gasteiger charge is -2.28. The molecule has 0 saturated carbocycles. The lowest BCUT2D eigenvalue weighted by Crippen LogP contribution is -2.51. The molecular weight excluding hydrogens is 440 g/mol. The molecule has 2 heterocycles. The Morgan fingerprint density at radius 3 is 2.62 bits per heavy atom. The number of nitrogens with zero attached hydrogens (tertiary/aromatic N) is 2. The van der Waals surface area contributed by atoms with Crippen LogP contribution in [0, 0.1) is 24.5 Å². The number of likely N-dealkylation sites (tertiary alicyclic amines) is 1. The van der Waals surface area contributed by atoms with E-state index in [1.807, 2.05) is 0 Å². The SMILES string of the molecule is Cc1nc(N)ccc1CNC(=O)[C@H](C)N1CC(Cc2ccc(F)c(Cl)c2F)CC1C(N)=O. The number of aryl methyl sites for hydroxylation is 1. The fourth-order valence-corrected chi connectivity index (χ4v) is 4.30. The zero-order valence-corrected chi connectivity index (χ0v) is 18.6. The highest BCUT2D eigenvalue weighted by Gasteiger charge is 2.40. The molecule has 0 spiro atoms. The lowest BCUT2D eigenvalue weighted by atomic mass is 9.96. The summed E-state index contributed by atoms with van der Waals surface area (Å²) in [5.41, 5.74) is 13.0. The lowest BCUT2D eigenvalue weighted by molar-refractivity contribution is -0.129. The number of amides is 2. The second-order valence-electron chi connectivity index (χ2n) is 8.13. The van der Waals surface area contributed by atoms with Crippen molar-refractivity contribution in [3.05, 3.63) is 57.7 Å². The van der Waals surface area contributed by atoms with Gasteiger partial charge in [-0.25, -0.2) is 13.8 Å². The molecule has 0 bridgehead atoms. The molecule has 1 fully saturated rings. The van der Waals surface area contributed by atoms with Crippen molar-refractivity contribution >= 4 is 29.2 Å². The van der Waals surface area contributed by atoms with Gasteiger partial charge in [0.25, 0.3) is 0 Å². The third-order valence-corrected chi connectivity index (χ3v) is 6.27. The minimum absolute atomic E-state index is 0.151. The summed E-state index contributed by atoms with van der Waals surface area (Å²) in [4.78, 5) is 30.7. The summed E-state index contributed by atoms with van der Waals surface area (Å²) in [6.07, 6.45) is 0.610. The number of benzene rings is 1. The molecule has 1 saturated heterocycles. The summed E-state index contributed by atoms with van der Waals surface area (Å²) in [5, 5.41) is 2.30. The van der Waals surface area contributed by atoms with Crippen LogP contribution in [0.2, 0.25) is 5.02 Å². The smallest absolute Gasteiger partial charge is 0.237 e. The van der Waals surface area contributed by atoms with Crippen molar-refractivity contribution in [2.24, 2.45) is 11.7 Å². The Kier molecular flexibility index (Phi) is 7.30. The molecule has 1 aliphatic rings. The Morgan fingerprint density at radius 2 is 1.97 bits per heavy atom. The fraction of sp³-hybridized carbons (Fsp3) is 0.409. The Hall–Kier alpha value is -2.78. The van der Waals surface area contributed by atoms with Gasteiger partial charge in [0.15, 0.2) is 0 Å². The van der Waals surface area contributed by atoms with E-state index in [1.165, 1.54) is 6.07 Å². The van der Waals surface area contributed by atoms with E-state index in [9.17, 15) is 18.4 Å². The average molecular weight is 466 g/mol. The van der Waals surface area contributed by atoms with Gasteiger partial charge < -0.3 is 16.8 Å². The highest BCUT2D eigenvalue weighted by Crippen LogP contribution is 2.31. The van der Waals surface area contributed by atoms with Gasteiger partial charge in [0, 0.05) is 18.8 Å². The highest BCUT2D eigenvalue weighted by atomic mass is 35.5. The molecule has 3 rings (SSSR count). The molecule has 7 nitrogen and oxygen atoms in total. The molecule has 1 aliphatic heterocycles. The molecule has 1 aromatic heterocycles. The largest absolute Gasteiger partial charge is 0.384 e. The van der Waals surface area contributed by atoms with Crippen LogP contribution in [0.4, 0.5) is 14.6 Å². The molecule has 2 unspecified atom stereocenters. The quantitative estimate of drug-likeness (QED) is 0.543. The second kappa shape index (κ2) is 9.79. The van der Waals surface area contributed by atoms with Crippen LogP contribution in [0.15, 0.2) is 24.3 Å². The number of carbonyl (C=O) groups excluding carboxylic acids is 2. The second-order valence-corrected chi connectivity index (χ2v) is 8.51. The van der Waals surface area contributed by atoms with Gasteiger partial charge in [-0.1, -0.05) is 23.7 Å². The van der Waals surface area contributed by atoms with E-state index >= 15 is 0 Å².